The summed E-state index contributed by atoms with van der Waals surface area (Å²) in [6.07, 6.45) is 1.02. The molecule has 120 valence electrons. The fourth-order valence-corrected chi connectivity index (χ4v) is 3.96. The molecule has 0 saturated carbocycles. The molecule has 0 radical (unpaired) electrons. The standard InChI is InChI=1S/C17H18FN3S2/c1-3-7-21-16(14-8-12(2)22-11-14)19-20-17(21)23-10-13-5-4-6-15(18)9-13/h4-6,8-9,11H,3,7,10H2,1-2H3. The first-order valence-corrected chi connectivity index (χ1v) is 9.40. The lowest BCUT2D eigenvalue weighted by molar-refractivity contribution is 0.624. The lowest BCUT2D eigenvalue weighted by Gasteiger charge is -2.08. The summed E-state index contributed by atoms with van der Waals surface area (Å²) in [6.45, 7) is 5.11. The van der Waals surface area contributed by atoms with Gasteiger partial charge in [-0.05, 0) is 37.1 Å². The number of halogens is 1. The van der Waals surface area contributed by atoms with Crippen molar-refractivity contribution in [3.63, 3.8) is 0 Å². The number of aryl methyl sites for hydroxylation is 1. The molecule has 0 saturated heterocycles. The lowest BCUT2D eigenvalue weighted by atomic mass is 10.2. The summed E-state index contributed by atoms with van der Waals surface area (Å²) in [7, 11) is 0. The van der Waals surface area contributed by atoms with Gasteiger partial charge in [-0.2, -0.15) is 0 Å². The van der Waals surface area contributed by atoms with E-state index >= 15 is 0 Å². The maximum absolute atomic E-state index is 13.3. The van der Waals surface area contributed by atoms with Gasteiger partial charge in [-0.1, -0.05) is 30.8 Å². The maximum atomic E-state index is 13.3. The highest BCUT2D eigenvalue weighted by Gasteiger charge is 2.15. The summed E-state index contributed by atoms with van der Waals surface area (Å²) in [5.41, 5.74) is 2.07. The minimum absolute atomic E-state index is 0.201. The minimum Gasteiger partial charge on any atom is -0.302 e. The molecule has 2 aromatic heterocycles. The van der Waals surface area contributed by atoms with Crippen molar-refractivity contribution < 1.29 is 4.39 Å². The van der Waals surface area contributed by atoms with Crippen molar-refractivity contribution in [2.24, 2.45) is 0 Å². The Morgan fingerprint density at radius 3 is 2.83 bits per heavy atom. The van der Waals surface area contributed by atoms with Crippen molar-refractivity contribution in [1.82, 2.24) is 14.8 Å². The number of nitrogens with zero attached hydrogens (tertiary/aromatic N) is 3. The minimum atomic E-state index is -0.201. The molecule has 0 aliphatic carbocycles. The van der Waals surface area contributed by atoms with E-state index in [0.29, 0.717) is 5.75 Å². The number of rotatable bonds is 6. The molecule has 23 heavy (non-hydrogen) atoms. The molecule has 0 aliphatic heterocycles. The maximum Gasteiger partial charge on any atom is 0.191 e. The number of aromatic nitrogens is 3. The summed E-state index contributed by atoms with van der Waals surface area (Å²) in [5.74, 6) is 1.40. The number of thiophene rings is 1. The van der Waals surface area contributed by atoms with Gasteiger partial charge in [0.2, 0.25) is 0 Å². The highest BCUT2D eigenvalue weighted by molar-refractivity contribution is 7.98. The van der Waals surface area contributed by atoms with Crippen LogP contribution in [0.25, 0.3) is 11.4 Å². The van der Waals surface area contributed by atoms with Crippen LogP contribution in [0.15, 0.2) is 40.9 Å². The largest absolute Gasteiger partial charge is 0.302 e. The zero-order valence-electron chi connectivity index (χ0n) is 13.1. The fourth-order valence-electron chi connectivity index (χ4n) is 2.37. The van der Waals surface area contributed by atoms with Crippen LogP contribution in [-0.2, 0) is 12.3 Å². The van der Waals surface area contributed by atoms with Crippen LogP contribution in [0.3, 0.4) is 0 Å². The van der Waals surface area contributed by atoms with Gasteiger partial charge in [0.1, 0.15) is 5.82 Å². The second-order valence-electron chi connectivity index (χ2n) is 5.32. The first-order valence-electron chi connectivity index (χ1n) is 7.53. The Kier molecular flexibility index (Phi) is 5.13. The van der Waals surface area contributed by atoms with E-state index in [1.54, 1.807) is 35.2 Å². The van der Waals surface area contributed by atoms with Crippen LogP contribution in [0.2, 0.25) is 0 Å². The first-order chi connectivity index (χ1) is 11.2. The Morgan fingerprint density at radius 1 is 1.26 bits per heavy atom. The molecular weight excluding hydrogens is 329 g/mol. The van der Waals surface area contributed by atoms with Gasteiger partial charge in [0.25, 0.3) is 0 Å². The molecule has 0 N–H and O–H groups in total. The molecule has 3 nitrogen and oxygen atoms in total. The molecular formula is C17H18FN3S2. The number of hydrogen-bond acceptors (Lipinski definition) is 4. The van der Waals surface area contributed by atoms with E-state index in [0.717, 1.165) is 35.1 Å². The van der Waals surface area contributed by atoms with Crippen molar-refractivity contribution in [1.29, 1.82) is 0 Å². The zero-order valence-corrected chi connectivity index (χ0v) is 14.8. The number of hydrogen-bond donors (Lipinski definition) is 0. The van der Waals surface area contributed by atoms with Gasteiger partial charge in [-0.25, -0.2) is 4.39 Å². The van der Waals surface area contributed by atoms with Gasteiger partial charge < -0.3 is 4.57 Å². The van der Waals surface area contributed by atoms with E-state index in [1.165, 1.54) is 10.9 Å². The van der Waals surface area contributed by atoms with E-state index in [-0.39, 0.29) is 5.82 Å². The third-order valence-corrected chi connectivity index (χ3v) is 5.31. The van der Waals surface area contributed by atoms with Crippen molar-refractivity contribution in [2.45, 2.75) is 37.7 Å². The van der Waals surface area contributed by atoms with Crippen molar-refractivity contribution in [2.75, 3.05) is 0 Å². The monoisotopic (exact) mass is 347 g/mol. The van der Waals surface area contributed by atoms with Gasteiger partial charge in [0, 0.05) is 28.1 Å². The van der Waals surface area contributed by atoms with Crippen LogP contribution in [0, 0.1) is 12.7 Å². The van der Waals surface area contributed by atoms with Crippen molar-refractivity contribution in [3.8, 4) is 11.4 Å². The molecule has 6 heteroatoms. The van der Waals surface area contributed by atoms with Gasteiger partial charge >= 0.3 is 0 Å². The molecule has 3 aromatic rings. The lowest BCUT2D eigenvalue weighted by Crippen LogP contribution is -2.01. The summed E-state index contributed by atoms with van der Waals surface area (Å²) in [6, 6.07) is 8.84. The molecule has 0 aliphatic rings. The highest BCUT2D eigenvalue weighted by atomic mass is 32.2. The first kappa shape index (κ1) is 16.2. The molecule has 0 spiro atoms. The number of benzene rings is 1. The Hall–Kier alpha value is -1.66. The Balaban J connectivity index is 1.83. The van der Waals surface area contributed by atoms with Crippen molar-refractivity contribution in [3.05, 3.63) is 52.0 Å². The highest BCUT2D eigenvalue weighted by Crippen LogP contribution is 2.29. The van der Waals surface area contributed by atoms with Crippen LogP contribution in [0.4, 0.5) is 4.39 Å². The van der Waals surface area contributed by atoms with Crippen LogP contribution in [-0.4, -0.2) is 14.8 Å². The summed E-state index contributed by atoms with van der Waals surface area (Å²) >= 11 is 3.31. The quantitative estimate of drug-likeness (QED) is 0.577. The summed E-state index contributed by atoms with van der Waals surface area (Å²) < 4.78 is 15.4. The predicted molar refractivity (Wildman–Crippen MR) is 94.3 cm³/mol. The van der Waals surface area contributed by atoms with E-state index in [1.807, 2.05) is 6.07 Å². The Bertz CT molecular complexity index is 795. The average Bonchev–Trinajstić information content (AvgIpc) is 3.12. The van der Waals surface area contributed by atoms with Gasteiger partial charge in [0.15, 0.2) is 11.0 Å². The normalized spacial score (nSPS) is 11.1. The van der Waals surface area contributed by atoms with Crippen molar-refractivity contribution >= 4 is 23.1 Å². The molecule has 0 unspecified atom stereocenters. The van der Waals surface area contributed by atoms with Crippen LogP contribution in [0.5, 0.6) is 0 Å². The average molecular weight is 347 g/mol. The summed E-state index contributed by atoms with van der Waals surface area (Å²) in [4.78, 5) is 1.26. The number of thioether (sulfide) groups is 1. The van der Waals surface area contributed by atoms with Crippen LogP contribution in [0.1, 0.15) is 23.8 Å². The SMILES string of the molecule is CCCn1c(SCc2cccc(F)c2)nnc1-c1csc(C)c1. The van der Waals surface area contributed by atoms with Gasteiger partial charge in [0.05, 0.1) is 0 Å². The molecule has 1 aromatic carbocycles. The molecule has 0 amide bonds. The van der Waals surface area contributed by atoms with Crippen LogP contribution < -0.4 is 0 Å². The molecule has 2 heterocycles. The smallest absolute Gasteiger partial charge is 0.191 e. The van der Waals surface area contributed by atoms with E-state index < -0.39 is 0 Å². The molecule has 0 bridgehead atoms. The third-order valence-electron chi connectivity index (χ3n) is 3.41. The van der Waals surface area contributed by atoms with Crippen LogP contribution >= 0.6 is 23.1 Å². The zero-order chi connectivity index (χ0) is 16.2. The molecule has 3 rings (SSSR count). The Morgan fingerprint density at radius 2 is 2.13 bits per heavy atom. The third kappa shape index (κ3) is 3.82. The van der Waals surface area contributed by atoms with E-state index in [4.69, 9.17) is 0 Å². The van der Waals surface area contributed by atoms with E-state index in [2.05, 4.69) is 40.1 Å². The topological polar surface area (TPSA) is 30.7 Å². The fraction of sp³-hybridized carbons (Fsp3) is 0.294. The van der Waals surface area contributed by atoms with Gasteiger partial charge in [-0.3, -0.25) is 0 Å². The summed E-state index contributed by atoms with van der Waals surface area (Å²) in [5, 5.41) is 11.7. The molecule has 0 fully saturated rings. The second kappa shape index (κ2) is 7.27. The Labute approximate surface area is 143 Å². The predicted octanol–water partition coefficient (Wildman–Crippen LogP) is 5.16. The van der Waals surface area contributed by atoms with E-state index in [9.17, 15) is 4.39 Å². The second-order valence-corrected chi connectivity index (χ2v) is 7.38. The van der Waals surface area contributed by atoms with Gasteiger partial charge in [-0.15, -0.1) is 21.5 Å². The molecule has 0 atom stereocenters.